The summed E-state index contributed by atoms with van der Waals surface area (Å²) in [7, 11) is 0. The molecule has 1 aliphatic rings. The van der Waals surface area contributed by atoms with Gasteiger partial charge in [-0.1, -0.05) is 73.2 Å². The number of likely N-dealkylation sites (tertiary alicyclic amines) is 1. The van der Waals surface area contributed by atoms with E-state index in [0.29, 0.717) is 38.1 Å². The maximum Gasteiger partial charge on any atom is 0.320 e. The maximum absolute atomic E-state index is 12.1. The molecule has 1 fully saturated rings. The fourth-order valence-corrected chi connectivity index (χ4v) is 5.31. The first-order chi connectivity index (χ1) is 19.5. The van der Waals surface area contributed by atoms with Crippen LogP contribution in [-0.4, -0.2) is 35.2 Å². The normalized spacial score (nSPS) is 15.4. The third kappa shape index (κ3) is 6.97. The number of carbonyl (C=O) groups is 1. The summed E-state index contributed by atoms with van der Waals surface area (Å²) >= 11 is 0. The summed E-state index contributed by atoms with van der Waals surface area (Å²) in [6.45, 7) is 3.70. The molecule has 0 saturated carbocycles. The first-order valence-corrected chi connectivity index (χ1v) is 13.9. The molecule has 0 radical (unpaired) electrons. The van der Waals surface area contributed by atoms with E-state index in [0.717, 1.165) is 64.8 Å². The van der Waals surface area contributed by atoms with Crippen molar-refractivity contribution in [2.24, 2.45) is 0 Å². The number of aryl methyl sites for hydroxylation is 1. The van der Waals surface area contributed by atoms with Crippen LogP contribution in [0.5, 0.6) is 5.75 Å². The van der Waals surface area contributed by atoms with Crippen LogP contribution in [0.3, 0.4) is 0 Å². The van der Waals surface area contributed by atoms with Crippen LogP contribution < -0.4 is 4.74 Å². The molecule has 1 atom stereocenters. The predicted molar refractivity (Wildman–Crippen MR) is 157 cm³/mol. The number of hydrogen-bond acceptors (Lipinski definition) is 5. The summed E-state index contributed by atoms with van der Waals surface area (Å²) in [6.07, 6.45) is 8.53. The van der Waals surface area contributed by atoms with Gasteiger partial charge in [0, 0.05) is 24.1 Å². The first-order valence-electron chi connectivity index (χ1n) is 13.9. The van der Waals surface area contributed by atoms with Crippen LogP contribution in [0.4, 0.5) is 0 Å². The molecular weight excluding hydrogens is 498 g/mol. The van der Waals surface area contributed by atoms with Crippen molar-refractivity contribution in [1.82, 2.24) is 4.90 Å². The summed E-state index contributed by atoms with van der Waals surface area (Å²) < 4.78 is 6.22. The fourth-order valence-electron chi connectivity index (χ4n) is 5.31. The number of aliphatic carboxylic acids is 1. The molecule has 1 saturated heterocycles. The number of nitrogens with zero attached hydrogens (tertiary/aromatic N) is 3. The molecule has 0 aromatic heterocycles. The van der Waals surface area contributed by atoms with Gasteiger partial charge in [0.1, 0.15) is 17.9 Å². The van der Waals surface area contributed by atoms with Crippen molar-refractivity contribution in [3.63, 3.8) is 0 Å². The van der Waals surface area contributed by atoms with Gasteiger partial charge in [0.05, 0.1) is 18.2 Å². The number of benzene rings is 3. The minimum atomic E-state index is -0.792. The lowest BCUT2D eigenvalue weighted by molar-refractivity contribution is -0.144. The minimum Gasteiger partial charge on any atom is -0.493 e. The van der Waals surface area contributed by atoms with E-state index in [4.69, 9.17) is 10.00 Å². The molecular formula is C34H35N3O3. The van der Waals surface area contributed by atoms with Crippen LogP contribution in [-0.2, 0) is 11.3 Å². The SMILES string of the molecule is Cc1ccc(OCCCCC#N)c(CN2CCCCC2C(=O)O)c1C=Cc1cccc(-c2ccccc2)c1C#N. The Bertz CT molecular complexity index is 1430. The van der Waals surface area contributed by atoms with Crippen molar-refractivity contribution in [2.45, 2.75) is 58.0 Å². The largest absolute Gasteiger partial charge is 0.493 e. The van der Waals surface area contributed by atoms with Crippen molar-refractivity contribution in [3.05, 3.63) is 88.5 Å². The summed E-state index contributed by atoms with van der Waals surface area (Å²) in [5, 5.41) is 28.8. The third-order valence-electron chi connectivity index (χ3n) is 7.46. The van der Waals surface area contributed by atoms with E-state index in [2.05, 4.69) is 12.1 Å². The van der Waals surface area contributed by atoms with E-state index >= 15 is 0 Å². The molecule has 0 spiro atoms. The molecule has 1 N–H and O–H groups in total. The number of piperidine rings is 1. The molecule has 3 aromatic rings. The Labute approximate surface area is 236 Å². The highest BCUT2D eigenvalue weighted by atomic mass is 16.5. The Morgan fingerprint density at radius 3 is 2.62 bits per heavy atom. The van der Waals surface area contributed by atoms with Crippen molar-refractivity contribution in [1.29, 1.82) is 10.5 Å². The second-order valence-electron chi connectivity index (χ2n) is 10.1. The lowest BCUT2D eigenvalue weighted by Crippen LogP contribution is -2.44. The predicted octanol–water partition coefficient (Wildman–Crippen LogP) is 7.22. The number of hydrogen-bond donors (Lipinski definition) is 1. The molecule has 0 aliphatic carbocycles. The standard InChI is InChI=1S/C34H35N3O3/c1-25-16-19-33(40-22-9-3-7-20-35)31(24-37-21-8-6-15-32(37)34(38)39)28(25)18-17-27-13-10-14-29(30(27)23-36)26-11-4-2-5-12-26/h2,4-5,10-14,16-19,32H,3,6-9,15,21-22,24H2,1H3,(H,38,39). The Morgan fingerprint density at radius 1 is 1.05 bits per heavy atom. The van der Waals surface area contributed by atoms with Crippen LogP contribution >= 0.6 is 0 Å². The molecule has 3 aromatic carbocycles. The second-order valence-corrected chi connectivity index (χ2v) is 10.1. The molecule has 0 bridgehead atoms. The van der Waals surface area contributed by atoms with Gasteiger partial charge in [-0.2, -0.15) is 10.5 Å². The summed E-state index contributed by atoms with van der Waals surface area (Å²) in [5.41, 5.74) is 6.26. The lowest BCUT2D eigenvalue weighted by Gasteiger charge is -2.34. The van der Waals surface area contributed by atoms with Crippen LogP contribution in [0.25, 0.3) is 23.3 Å². The first kappa shape index (κ1) is 28.6. The van der Waals surface area contributed by atoms with E-state index < -0.39 is 12.0 Å². The van der Waals surface area contributed by atoms with Gasteiger partial charge < -0.3 is 9.84 Å². The van der Waals surface area contributed by atoms with Crippen LogP contribution in [0.1, 0.15) is 66.3 Å². The highest BCUT2D eigenvalue weighted by Gasteiger charge is 2.29. The molecule has 1 aliphatic heterocycles. The number of unbranched alkanes of at least 4 members (excludes halogenated alkanes) is 2. The summed E-state index contributed by atoms with van der Waals surface area (Å²) in [6, 6.07) is 23.8. The van der Waals surface area contributed by atoms with Gasteiger partial charge in [0.25, 0.3) is 0 Å². The van der Waals surface area contributed by atoms with Gasteiger partial charge in [-0.25, -0.2) is 0 Å². The summed E-state index contributed by atoms with van der Waals surface area (Å²) in [4.78, 5) is 14.1. The van der Waals surface area contributed by atoms with E-state index in [1.54, 1.807) is 0 Å². The highest BCUT2D eigenvalue weighted by Crippen LogP contribution is 2.32. The smallest absolute Gasteiger partial charge is 0.320 e. The molecule has 6 nitrogen and oxygen atoms in total. The van der Waals surface area contributed by atoms with Gasteiger partial charge in [0.2, 0.25) is 0 Å². The van der Waals surface area contributed by atoms with E-state index in [-0.39, 0.29) is 0 Å². The van der Waals surface area contributed by atoms with Crippen molar-refractivity contribution in [2.75, 3.05) is 13.2 Å². The third-order valence-corrected chi connectivity index (χ3v) is 7.46. The molecule has 1 heterocycles. The van der Waals surface area contributed by atoms with Gasteiger partial charge in [0.15, 0.2) is 0 Å². The van der Waals surface area contributed by atoms with E-state index in [9.17, 15) is 15.2 Å². The molecule has 204 valence electrons. The van der Waals surface area contributed by atoms with Gasteiger partial charge >= 0.3 is 5.97 Å². The topological polar surface area (TPSA) is 97.3 Å². The number of ether oxygens (including phenoxy) is 1. The van der Waals surface area contributed by atoms with E-state index in [1.165, 1.54) is 0 Å². The molecule has 4 rings (SSSR count). The van der Waals surface area contributed by atoms with Gasteiger partial charge in [-0.05, 0) is 67.5 Å². The number of rotatable bonds is 11. The van der Waals surface area contributed by atoms with Crippen molar-refractivity contribution < 1.29 is 14.6 Å². The average Bonchev–Trinajstić information content (AvgIpc) is 2.98. The zero-order chi connectivity index (χ0) is 28.3. The van der Waals surface area contributed by atoms with Crippen LogP contribution in [0.15, 0.2) is 60.7 Å². The Morgan fingerprint density at radius 2 is 1.88 bits per heavy atom. The minimum absolute atomic E-state index is 0.459. The lowest BCUT2D eigenvalue weighted by atomic mass is 9.94. The molecule has 6 heteroatoms. The number of carboxylic acids is 1. The number of nitriles is 2. The molecule has 0 amide bonds. The van der Waals surface area contributed by atoms with Gasteiger partial charge in [-0.3, -0.25) is 9.69 Å². The average molecular weight is 534 g/mol. The Hall–Kier alpha value is -4.39. The quantitative estimate of drug-likeness (QED) is 0.206. The molecule has 40 heavy (non-hydrogen) atoms. The van der Waals surface area contributed by atoms with Crippen LogP contribution in [0.2, 0.25) is 0 Å². The van der Waals surface area contributed by atoms with Crippen molar-refractivity contribution >= 4 is 18.1 Å². The zero-order valence-corrected chi connectivity index (χ0v) is 23.0. The second kappa shape index (κ2) is 14.1. The van der Waals surface area contributed by atoms with Gasteiger partial charge in [-0.15, -0.1) is 0 Å². The summed E-state index contributed by atoms with van der Waals surface area (Å²) in [5.74, 6) is -0.0599. The Balaban J connectivity index is 1.72. The maximum atomic E-state index is 12.1. The van der Waals surface area contributed by atoms with E-state index in [1.807, 2.05) is 84.6 Å². The zero-order valence-electron chi connectivity index (χ0n) is 23.0. The highest BCUT2D eigenvalue weighted by molar-refractivity contribution is 5.81. The number of carboxylic acid groups (broad SMARTS) is 1. The van der Waals surface area contributed by atoms with Crippen LogP contribution in [0, 0.1) is 29.6 Å². The molecule has 1 unspecified atom stereocenters. The fraction of sp³-hybridized carbons (Fsp3) is 0.324. The monoisotopic (exact) mass is 533 g/mol. The van der Waals surface area contributed by atoms with Crippen molar-refractivity contribution in [3.8, 4) is 29.0 Å². The Kier molecular flexibility index (Phi) is 10.1.